The molecule has 0 aliphatic carbocycles. The van der Waals surface area contributed by atoms with Crippen molar-refractivity contribution in [3.63, 3.8) is 0 Å². The van der Waals surface area contributed by atoms with Crippen molar-refractivity contribution < 1.29 is 23.5 Å². The van der Waals surface area contributed by atoms with Gasteiger partial charge in [0.05, 0.1) is 12.8 Å². The van der Waals surface area contributed by atoms with Crippen LogP contribution in [0, 0.1) is 5.82 Å². The topological polar surface area (TPSA) is 88.1 Å². The number of carbonyl (C=O) groups excluding carboxylic acids is 3. The number of nitrogens with zero attached hydrogens (tertiary/aromatic N) is 2. The number of methoxy groups -OCH3 is 1. The number of carbonyl (C=O) groups is 3. The number of ether oxygens (including phenoxy) is 1. The van der Waals surface area contributed by atoms with Crippen LogP contribution in [0.15, 0.2) is 77.8 Å². The first kappa shape index (κ1) is 26.1. The highest BCUT2D eigenvalue weighted by Crippen LogP contribution is 2.30. The number of rotatable bonds is 8. The molecule has 37 heavy (non-hydrogen) atoms. The minimum atomic E-state index is -0.698. The Hall–Kier alpha value is -3.98. The molecule has 0 radical (unpaired) electrons. The number of anilines is 1. The van der Waals surface area contributed by atoms with Gasteiger partial charge in [0.2, 0.25) is 11.8 Å². The van der Waals surface area contributed by atoms with Crippen LogP contribution in [0.2, 0.25) is 0 Å². The van der Waals surface area contributed by atoms with Gasteiger partial charge in [0.25, 0.3) is 0 Å². The summed E-state index contributed by atoms with van der Waals surface area (Å²) in [5.74, 6) is -0.268. The van der Waals surface area contributed by atoms with Crippen LogP contribution < -0.4 is 10.1 Å². The molecule has 0 bridgehead atoms. The number of benzene rings is 3. The number of amidine groups is 1. The van der Waals surface area contributed by atoms with E-state index >= 15 is 0 Å². The molecule has 1 fully saturated rings. The molecule has 9 heteroatoms. The van der Waals surface area contributed by atoms with Gasteiger partial charge in [-0.2, -0.15) is 0 Å². The van der Waals surface area contributed by atoms with Crippen molar-refractivity contribution in [3.05, 3.63) is 89.7 Å². The zero-order chi connectivity index (χ0) is 26.4. The van der Waals surface area contributed by atoms with Crippen LogP contribution >= 0.6 is 11.8 Å². The van der Waals surface area contributed by atoms with Crippen LogP contribution in [-0.4, -0.2) is 46.6 Å². The molecule has 190 valence electrons. The lowest BCUT2D eigenvalue weighted by Crippen LogP contribution is -2.46. The van der Waals surface area contributed by atoms with Crippen molar-refractivity contribution >= 4 is 45.9 Å². The summed E-state index contributed by atoms with van der Waals surface area (Å²) >= 11 is 1.19. The van der Waals surface area contributed by atoms with Crippen LogP contribution in [0.5, 0.6) is 5.75 Å². The number of halogens is 1. The number of amides is 2. The molecule has 1 heterocycles. The van der Waals surface area contributed by atoms with Gasteiger partial charge in [0, 0.05) is 24.2 Å². The Morgan fingerprint density at radius 1 is 1.05 bits per heavy atom. The van der Waals surface area contributed by atoms with Gasteiger partial charge in [-0.3, -0.25) is 19.3 Å². The number of hydrogen-bond acceptors (Lipinski definition) is 6. The van der Waals surface area contributed by atoms with Gasteiger partial charge in [-0.05, 0) is 79.6 Å². The number of Topliss-reactive ketones (excluding diaryl/α,β-unsaturated/α-hetero) is 1. The van der Waals surface area contributed by atoms with E-state index in [0.717, 1.165) is 11.3 Å². The standard InChI is InChI=1S/C28H26FN3O4S/c1-18(33)20-5-9-22(10-6-20)30-27(35)25-17-26(34)32(16-15-19-3-13-24(36-2)14-4-19)28(37-25)31-23-11-7-21(29)8-12-23/h3-14,25H,15-17H2,1-2H3,(H,30,35). The highest BCUT2D eigenvalue weighted by Gasteiger charge is 2.35. The molecule has 1 aliphatic heterocycles. The number of hydrogen-bond donors (Lipinski definition) is 1. The lowest BCUT2D eigenvalue weighted by molar-refractivity contribution is -0.129. The molecule has 0 aromatic heterocycles. The largest absolute Gasteiger partial charge is 0.497 e. The second kappa shape index (κ2) is 11.8. The van der Waals surface area contributed by atoms with Gasteiger partial charge in [0.1, 0.15) is 16.8 Å². The van der Waals surface area contributed by atoms with E-state index in [1.54, 1.807) is 36.3 Å². The maximum absolute atomic E-state index is 13.4. The summed E-state index contributed by atoms with van der Waals surface area (Å²) in [4.78, 5) is 43.9. The fraction of sp³-hybridized carbons (Fsp3) is 0.214. The predicted molar refractivity (Wildman–Crippen MR) is 143 cm³/mol. The molecule has 1 N–H and O–H groups in total. The number of thioether (sulfide) groups is 1. The van der Waals surface area contributed by atoms with Crippen molar-refractivity contribution in [1.82, 2.24) is 4.90 Å². The zero-order valence-electron chi connectivity index (χ0n) is 20.4. The Bertz CT molecular complexity index is 1310. The normalized spacial score (nSPS) is 16.5. The summed E-state index contributed by atoms with van der Waals surface area (Å²) in [5.41, 5.74) is 2.57. The minimum Gasteiger partial charge on any atom is -0.497 e. The van der Waals surface area contributed by atoms with Crippen LogP contribution in [0.1, 0.15) is 29.3 Å². The summed E-state index contributed by atoms with van der Waals surface area (Å²) in [6.45, 7) is 1.85. The molecule has 3 aromatic carbocycles. The van der Waals surface area contributed by atoms with E-state index in [1.165, 1.54) is 43.0 Å². The van der Waals surface area contributed by atoms with Gasteiger partial charge in [0.15, 0.2) is 11.0 Å². The highest BCUT2D eigenvalue weighted by atomic mass is 32.2. The summed E-state index contributed by atoms with van der Waals surface area (Å²) < 4.78 is 18.6. The van der Waals surface area contributed by atoms with E-state index in [2.05, 4.69) is 10.3 Å². The van der Waals surface area contributed by atoms with Crippen LogP contribution in [0.3, 0.4) is 0 Å². The molecular formula is C28H26FN3O4S. The Morgan fingerprint density at radius 2 is 1.73 bits per heavy atom. The zero-order valence-corrected chi connectivity index (χ0v) is 21.3. The molecule has 7 nitrogen and oxygen atoms in total. The fourth-order valence-electron chi connectivity index (χ4n) is 3.73. The third kappa shape index (κ3) is 6.83. The molecule has 1 saturated heterocycles. The van der Waals surface area contributed by atoms with Gasteiger partial charge >= 0.3 is 0 Å². The van der Waals surface area contributed by atoms with Gasteiger partial charge in [-0.15, -0.1) is 0 Å². The highest BCUT2D eigenvalue weighted by molar-refractivity contribution is 8.15. The maximum Gasteiger partial charge on any atom is 0.238 e. The Labute approximate surface area is 218 Å². The van der Waals surface area contributed by atoms with Crippen molar-refractivity contribution in [3.8, 4) is 5.75 Å². The second-order valence-electron chi connectivity index (χ2n) is 8.45. The summed E-state index contributed by atoms with van der Waals surface area (Å²) in [7, 11) is 1.60. The van der Waals surface area contributed by atoms with Crippen molar-refractivity contribution in [2.75, 3.05) is 19.0 Å². The third-order valence-electron chi connectivity index (χ3n) is 5.83. The molecule has 1 aliphatic rings. The molecule has 0 spiro atoms. The van der Waals surface area contributed by atoms with Gasteiger partial charge in [-0.1, -0.05) is 23.9 Å². The average Bonchev–Trinajstić information content (AvgIpc) is 2.90. The molecule has 2 amide bonds. The third-order valence-corrected chi connectivity index (χ3v) is 7.01. The Morgan fingerprint density at radius 3 is 2.35 bits per heavy atom. The molecule has 4 rings (SSSR count). The van der Waals surface area contributed by atoms with E-state index < -0.39 is 5.25 Å². The number of nitrogens with one attached hydrogen (secondary N) is 1. The van der Waals surface area contributed by atoms with E-state index in [4.69, 9.17) is 4.74 Å². The van der Waals surface area contributed by atoms with Crippen molar-refractivity contribution in [2.24, 2.45) is 4.99 Å². The average molecular weight is 520 g/mol. The van der Waals surface area contributed by atoms with E-state index in [0.29, 0.717) is 35.1 Å². The first-order chi connectivity index (χ1) is 17.8. The molecular weight excluding hydrogens is 493 g/mol. The van der Waals surface area contributed by atoms with E-state index in [-0.39, 0.29) is 29.8 Å². The van der Waals surface area contributed by atoms with E-state index in [9.17, 15) is 18.8 Å². The lowest BCUT2D eigenvalue weighted by atomic mass is 10.1. The van der Waals surface area contributed by atoms with Gasteiger partial charge < -0.3 is 10.1 Å². The lowest BCUT2D eigenvalue weighted by Gasteiger charge is -2.32. The summed E-state index contributed by atoms with van der Waals surface area (Å²) in [6.07, 6.45) is 0.588. The van der Waals surface area contributed by atoms with Crippen molar-refractivity contribution in [1.29, 1.82) is 0 Å². The monoisotopic (exact) mass is 519 g/mol. The number of ketones is 1. The fourth-order valence-corrected chi connectivity index (χ4v) is 4.86. The molecule has 1 atom stereocenters. The Balaban J connectivity index is 1.52. The smallest absolute Gasteiger partial charge is 0.238 e. The van der Waals surface area contributed by atoms with Crippen LogP contribution in [-0.2, 0) is 16.0 Å². The molecule has 3 aromatic rings. The van der Waals surface area contributed by atoms with E-state index in [1.807, 2.05) is 24.3 Å². The summed E-state index contributed by atoms with van der Waals surface area (Å²) in [5, 5.41) is 2.50. The quantitative estimate of drug-likeness (QED) is 0.411. The number of aliphatic imine (C=N–C) groups is 1. The maximum atomic E-state index is 13.4. The molecule has 0 saturated carbocycles. The van der Waals surface area contributed by atoms with Gasteiger partial charge in [-0.25, -0.2) is 9.38 Å². The summed E-state index contributed by atoms with van der Waals surface area (Å²) in [6, 6.07) is 19.8. The molecule has 1 unspecified atom stereocenters. The van der Waals surface area contributed by atoms with Crippen molar-refractivity contribution in [2.45, 2.75) is 25.0 Å². The minimum absolute atomic E-state index is 0.00702. The SMILES string of the molecule is COc1ccc(CCN2C(=O)CC(C(=O)Nc3ccc(C(C)=O)cc3)SC2=Nc2ccc(F)cc2)cc1. The predicted octanol–water partition coefficient (Wildman–Crippen LogP) is 5.24. The van der Waals surface area contributed by atoms with Crippen LogP contribution in [0.4, 0.5) is 15.8 Å². The van der Waals surface area contributed by atoms with Crippen LogP contribution in [0.25, 0.3) is 0 Å². The first-order valence-electron chi connectivity index (χ1n) is 11.7. The first-order valence-corrected chi connectivity index (χ1v) is 12.6. The second-order valence-corrected chi connectivity index (χ2v) is 9.62. The Kier molecular flexibility index (Phi) is 8.35.